The van der Waals surface area contributed by atoms with Crippen molar-refractivity contribution >= 4 is 60.9 Å². The summed E-state index contributed by atoms with van der Waals surface area (Å²) in [5, 5.41) is 22.7. The molecule has 1 atom stereocenters. The molecule has 0 bridgehead atoms. The maximum atomic E-state index is 13.9. The van der Waals surface area contributed by atoms with Gasteiger partial charge in [-0.2, -0.15) is 0 Å². The maximum Gasteiger partial charge on any atom is 0.296 e. The number of amides is 1. The third-order valence-corrected chi connectivity index (χ3v) is 7.72. The number of aliphatic hydroxyl groups excluding tert-OH is 1. The Morgan fingerprint density at radius 1 is 1.05 bits per heavy atom. The summed E-state index contributed by atoms with van der Waals surface area (Å²) in [6.07, 6.45) is 0. The number of carbonyl (C=O) groups is 2. The van der Waals surface area contributed by atoms with Crippen LogP contribution in [0.4, 0.5) is 5.13 Å². The minimum absolute atomic E-state index is 0.0856. The first-order valence-corrected chi connectivity index (χ1v) is 12.8. The standard InChI is InChI=1S/C28H19ClN2O7S/c1-36-18-5-3-4-14-11-20(38-26(14)18)24(33)22-23(13-6-9-17(32)19(10-13)37-2)31(27(35)25(22)34)28-30-16-8-7-15(29)12-21(16)39-28/h3-12,23,32,34H,1-2H3. The number of carbonyl (C=O) groups excluding carboxylic acids is 2. The largest absolute Gasteiger partial charge is 0.504 e. The van der Waals surface area contributed by atoms with E-state index >= 15 is 0 Å². The molecule has 39 heavy (non-hydrogen) atoms. The first-order valence-electron chi connectivity index (χ1n) is 11.6. The smallest absolute Gasteiger partial charge is 0.296 e. The first-order chi connectivity index (χ1) is 18.8. The van der Waals surface area contributed by atoms with Gasteiger partial charge in [-0.15, -0.1) is 0 Å². The SMILES string of the molecule is COc1cc(C2C(C(=O)c3cc4cccc(OC)c4o3)=C(O)C(=O)N2c2nc3ccc(Cl)cc3s2)ccc1O. The van der Waals surface area contributed by atoms with Crippen molar-refractivity contribution in [3.8, 4) is 17.2 Å². The van der Waals surface area contributed by atoms with Crippen molar-refractivity contribution in [2.75, 3.05) is 19.1 Å². The Bertz CT molecular complexity index is 1840. The van der Waals surface area contributed by atoms with Crippen LogP contribution in [0.2, 0.25) is 5.02 Å². The zero-order chi connectivity index (χ0) is 27.4. The average molecular weight is 563 g/mol. The Hall–Kier alpha value is -4.54. The third-order valence-electron chi connectivity index (χ3n) is 6.47. The number of methoxy groups -OCH3 is 2. The Labute approximate surface area is 230 Å². The molecule has 6 rings (SSSR count). The van der Waals surface area contributed by atoms with Gasteiger partial charge in [-0.3, -0.25) is 14.5 Å². The molecule has 196 valence electrons. The van der Waals surface area contributed by atoms with E-state index in [-0.39, 0.29) is 28.0 Å². The number of hydrogen-bond acceptors (Lipinski definition) is 9. The number of nitrogens with zero attached hydrogens (tertiary/aromatic N) is 2. The van der Waals surface area contributed by atoms with Crippen molar-refractivity contribution < 1.29 is 33.7 Å². The molecule has 11 heteroatoms. The van der Waals surface area contributed by atoms with E-state index in [1.54, 1.807) is 42.5 Å². The topological polar surface area (TPSA) is 122 Å². The van der Waals surface area contributed by atoms with Crippen LogP contribution in [-0.4, -0.2) is 41.1 Å². The summed E-state index contributed by atoms with van der Waals surface area (Å²) in [6.45, 7) is 0. The number of phenols is 1. The molecule has 0 radical (unpaired) electrons. The summed E-state index contributed by atoms with van der Waals surface area (Å²) in [4.78, 5) is 33.3. The molecule has 1 aliphatic rings. The molecule has 0 fully saturated rings. The zero-order valence-electron chi connectivity index (χ0n) is 20.5. The van der Waals surface area contributed by atoms with Crippen LogP contribution in [0.15, 0.2) is 76.4 Å². The minimum atomic E-state index is -1.11. The predicted octanol–water partition coefficient (Wildman–Crippen LogP) is 6.20. The Balaban J connectivity index is 1.53. The van der Waals surface area contributed by atoms with Crippen molar-refractivity contribution in [1.82, 2.24) is 4.98 Å². The summed E-state index contributed by atoms with van der Waals surface area (Å²) in [6, 6.07) is 15.2. The molecule has 2 aromatic heterocycles. The van der Waals surface area contributed by atoms with Crippen LogP contribution in [0.5, 0.6) is 17.2 Å². The van der Waals surface area contributed by atoms with Gasteiger partial charge in [0, 0.05) is 10.4 Å². The molecule has 9 nitrogen and oxygen atoms in total. The van der Waals surface area contributed by atoms with Gasteiger partial charge in [0.25, 0.3) is 5.91 Å². The number of aliphatic hydroxyl groups is 1. The molecule has 1 aliphatic heterocycles. The van der Waals surface area contributed by atoms with E-state index in [9.17, 15) is 19.8 Å². The Kier molecular flexibility index (Phi) is 5.93. The van der Waals surface area contributed by atoms with Gasteiger partial charge in [-0.1, -0.05) is 41.1 Å². The quantitative estimate of drug-likeness (QED) is 0.234. The average Bonchev–Trinajstić information content (AvgIpc) is 3.62. The number of ether oxygens (including phenoxy) is 2. The van der Waals surface area contributed by atoms with Crippen molar-refractivity contribution in [3.63, 3.8) is 0 Å². The number of ketones is 1. The van der Waals surface area contributed by atoms with Gasteiger partial charge >= 0.3 is 0 Å². The van der Waals surface area contributed by atoms with E-state index in [1.807, 2.05) is 0 Å². The van der Waals surface area contributed by atoms with E-state index in [0.29, 0.717) is 32.8 Å². The number of anilines is 1. The van der Waals surface area contributed by atoms with Crippen molar-refractivity contribution in [3.05, 3.63) is 88.3 Å². The Morgan fingerprint density at radius 2 is 1.85 bits per heavy atom. The van der Waals surface area contributed by atoms with Crippen LogP contribution in [0.25, 0.3) is 21.2 Å². The molecule has 0 aliphatic carbocycles. The monoisotopic (exact) mass is 562 g/mol. The number of aromatic nitrogens is 1. The van der Waals surface area contributed by atoms with Gasteiger partial charge in [0.1, 0.15) is 0 Å². The van der Waals surface area contributed by atoms with Crippen molar-refractivity contribution in [2.24, 2.45) is 0 Å². The van der Waals surface area contributed by atoms with Gasteiger partial charge in [-0.25, -0.2) is 4.98 Å². The fraction of sp³-hybridized carbons (Fsp3) is 0.107. The summed E-state index contributed by atoms with van der Waals surface area (Å²) in [7, 11) is 2.87. The number of benzene rings is 3. The second-order valence-electron chi connectivity index (χ2n) is 8.70. The molecular formula is C28H19ClN2O7S. The van der Waals surface area contributed by atoms with Gasteiger partial charge < -0.3 is 24.1 Å². The third kappa shape index (κ3) is 3.96. The van der Waals surface area contributed by atoms with Gasteiger partial charge in [0.05, 0.1) is 36.1 Å². The van der Waals surface area contributed by atoms with Crippen LogP contribution < -0.4 is 14.4 Å². The molecule has 1 unspecified atom stereocenters. The first kappa shape index (κ1) is 24.8. The number of halogens is 1. The maximum absolute atomic E-state index is 13.9. The van der Waals surface area contributed by atoms with Crippen LogP contribution >= 0.6 is 22.9 Å². The van der Waals surface area contributed by atoms with E-state index < -0.39 is 23.5 Å². The van der Waals surface area contributed by atoms with E-state index in [0.717, 1.165) is 4.70 Å². The molecule has 3 heterocycles. The summed E-state index contributed by atoms with van der Waals surface area (Å²) >= 11 is 7.33. The summed E-state index contributed by atoms with van der Waals surface area (Å²) in [5.41, 5.74) is 1.15. The molecule has 1 amide bonds. The molecule has 0 saturated heterocycles. The van der Waals surface area contributed by atoms with E-state index in [1.165, 1.54) is 48.7 Å². The predicted molar refractivity (Wildman–Crippen MR) is 146 cm³/mol. The molecule has 0 saturated carbocycles. The lowest BCUT2D eigenvalue weighted by molar-refractivity contribution is -0.117. The summed E-state index contributed by atoms with van der Waals surface area (Å²) < 4.78 is 17.2. The number of furan rings is 1. The normalized spacial score (nSPS) is 15.5. The van der Waals surface area contributed by atoms with Crippen molar-refractivity contribution in [1.29, 1.82) is 0 Å². The highest BCUT2D eigenvalue weighted by molar-refractivity contribution is 7.22. The van der Waals surface area contributed by atoms with Crippen LogP contribution in [0.1, 0.15) is 22.2 Å². The number of para-hydroxylation sites is 1. The zero-order valence-corrected chi connectivity index (χ0v) is 22.0. The molecule has 5 aromatic rings. The van der Waals surface area contributed by atoms with Crippen LogP contribution in [0.3, 0.4) is 0 Å². The second kappa shape index (κ2) is 9.33. The molecule has 0 spiro atoms. The number of thiazole rings is 1. The second-order valence-corrected chi connectivity index (χ2v) is 10.1. The number of rotatable bonds is 6. The van der Waals surface area contributed by atoms with Crippen LogP contribution in [0, 0.1) is 0 Å². The summed E-state index contributed by atoms with van der Waals surface area (Å²) in [5.74, 6) is -1.89. The number of hydrogen-bond donors (Lipinski definition) is 2. The highest BCUT2D eigenvalue weighted by atomic mass is 35.5. The molecular weight excluding hydrogens is 544 g/mol. The number of Topliss-reactive ketones (excluding diaryl/α,β-unsaturated/α-hetero) is 1. The lowest BCUT2D eigenvalue weighted by atomic mass is 9.95. The van der Waals surface area contributed by atoms with E-state index in [2.05, 4.69) is 4.98 Å². The van der Waals surface area contributed by atoms with Gasteiger partial charge in [-0.05, 0) is 48.0 Å². The lowest BCUT2D eigenvalue weighted by Gasteiger charge is -2.24. The number of phenolic OH excluding ortho intramolecular Hbond substituents is 1. The van der Waals surface area contributed by atoms with Gasteiger partial charge in [0.15, 0.2) is 39.5 Å². The van der Waals surface area contributed by atoms with Crippen molar-refractivity contribution in [2.45, 2.75) is 6.04 Å². The fourth-order valence-corrected chi connectivity index (χ4v) is 5.91. The highest BCUT2D eigenvalue weighted by Crippen LogP contribution is 2.46. The lowest BCUT2D eigenvalue weighted by Crippen LogP contribution is -2.31. The number of aromatic hydroxyl groups is 1. The fourth-order valence-electron chi connectivity index (χ4n) is 4.65. The minimum Gasteiger partial charge on any atom is -0.504 e. The van der Waals surface area contributed by atoms with Crippen LogP contribution in [-0.2, 0) is 4.79 Å². The molecule has 2 N–H and O–H groups in total. The van der Waals surface area contributed by atoms with E-state index in [4.69, 9.17) is 25.5 Å². The highest BCUT2D eigenvalue weighted by Gasteiger charge is 2.47. The number of fused-ring (bicyclic) bond motifs is 2. The Morgan fingerprint density at radius 3 is 2.62 bits per heavy atom. The molecule has 3 aromatic carbocycles. The van der Waals surface area contributed by atoms with Gasteiger partial charge in [0.2, 0.25) is 5.78 Å².